The molecule has 0 saturated carbocycles. The van der Waals surface area contributed by atoms with Crippen molar-refractivity contribution in [1.29, 1.82) is 0 Å². The molecule has 1 fully saturated rings. The van der Waals surface area contributed by atoms with Gasteiger partial charge in [0.2, 0.25) is 11.9 Å². The number of benzene rings is 2. The molecule has 1 aliphatic heterocycles. The van der Waals surface area contributed by atoms with Gasteiger partial charge in [-0.3, -0.25) is 14.0 Å². The second kappa shape index (κ2) is 8.70. The van der Waals surface area contributed by atoms with Crippen LogP contribution in [0.2, 0.25) is 0 Å². The number of nitrogens with one attached hydrogen (secondary N) is 1. The minimum Gasteiger partial charge on any atom is -0.382 e. The molecule has 0 bridgehead atoms. The van der Waals surface area contributed by atoms with E-state index in [0.717, 1.165) is 5.56 Å². The van der Waals surface area contributed by atoms with Gasteiger partial charge in [-0.25, -0.2) is 9.97 Å². The van der Waals surface area contributed by atoms with Crippen LogP contribution in [-0.4, -0.2) is 50.8 Å². The largest absolute Gasteiger partial charge is 0.382 e. The summed E-state index contributed by atoms with van der Waals surface area (Å²) in [6, 6.07) is 16.5. The van der Waals surface area contributed by atoms with Crippen LogP contribution in [0.15, 0.2) is 79.6 Å². The maximum Gasteiger partial charge on any atom is 0.255 e. The molecule has 9 heteroatoms. The number of aromatic nitrogens is 3. The number of nitrogens with zero attached hydrogens (tertiary/aromatic N) is 5. The molecule has 0 aliphatic carbocycles. The topological polar surface area (TPSA) is 109 Å². The third-order valence-electron chi connectivity index (χ3n) is 5.77. The van der Waals surface area contributed by atoms with E-state index in [1.165, 1.54) is 6.08 Å². The first kappa shape index (κ1) is 21.2. The molecule has 2 aromatic carbocycles. The Morgan fingerprint density at radius 1 is 1.06 bits per heavy atom. The average molecular weight is 454 g/mol. The van der Waals surface area contributed by atoms with Gasteiger partial charge in [0.25, 0.3) is 5.91 Å². The highest BCUT2D eigenvalue weighted by atomic mass is 16.2. The van der Waals surface area contributed by atoms with Crippen LogP contribution in [0.4, 0.5) is 17.5 Å². The summed E-state index contributed by atoms with van der Waals surface area (Å²) in [5.74, 6) is 0.748. The van der Waals surface area contributed by atoms with E-state index in [2.05, 4.69) is 16.9 Å². The average Bonchev–Trinajstić information content (AvgIpc) is 3.51. The summed E-state index contributed by atoms with van der Waals surface area (Å²) < 4.78 is 1.89. The standard InChI is InChI=1S/C25H23N7O2/c1-2-20(33)30-14-15-31(16-30)25-29-21(22-23(26)27-12-13-32(22)25)17-8-10-19(11-9-17)28-24(34)18-6-4-3-5-7-18/h2-13H,1,14-16H2,(H2,26,27)(H,28,34). The van der Waals surface area contributed by atoms with E-state index in [1.807, 2.05) is 58.0 Å². The van der Waals surface area contributed by atoms with Crippen molar-refractivity contribution >= 4 is 34.8 Å². The van der Waals surface area contributed by atoms with Crippen molar-refractivity contribution in [2.75, 3.05) is 35.7 Å². The Morgan fingerprint density at radius 3 is 2.56 bits per heavy atom. The number of hydrogen-bond donors (Lipinski definition) is 2. The fraction of sp³-hybridized carbons (Fsp3) is 0.120. The summed E-state index contributed by atoms with van der Waals surface area (Å²) in [4.78, 5) is 37.3. The number of rotatable bonds is 5. The van der Waals surface area contributed by atoms with E-state index in [1.54, 1.807) is 23.2 Å². The normalized spacial score (nSPS) is 13.3. The zero-order valence-corrected chi connectivity index (χ0v) is 18.4. The molecule has 34 heavy (non-hydrogen) atoms. The summed E-state index contributed by atoms with van der Waals surface area (Å²) in [5.41, 5.74) is 9.69. The Morgan fingerprint density at radius 2 is 1.82 bits per heavy atom. The minimum absolute atomic E-state index is 0.113. The molecule has 0 radical (unpaired) electrons. The van der Waals surface area contributed by atoms with Gasteiger partial charge in [0.15, 0.2) is 0 Å². The number of carbonyl (C=O) groups is 2. The lowest BCUT2D eigenvalue weighted by Gasteiger charge is -2.17. The van der Waals surface area contributed by atoms with E-state index < -0.39 is 0 Å². The first-order chi connectivity index (χ1) is 16.5. The molecule has 4 aromatic rings. The van der Waals surface area contributed by atoms with E-state index in [9.17, 15) is 9.59 Å². The Balaban J connectivity index is 1.45. The van der Waals surface area contributed by atoms with Crippen LogP contribution in [0.25, 0.3) is 16.8 Å². The van der Waals surface area contributed by atoms with Gasteiger partial charge in [-0.1, -0.05) is 36.9 Å². The highest BCUT2D eigenvalue weighted by Crippen LogP contribution is 2.32. The molecule has 0 unspecified atom stereocenters. The number of hydrogen-bond acceptors (Lipinski definition) is 6. The van der Waals surface area contributed by atoms with Crippen LogP contribution in [0.1, 0.15) is 10.4 Å². The number of nitrogens with two attached hydrogens (primary N) is 1. The Bertz CT molecular complexity index is 1380. The molecule has 0 spiro atoms. The summed E-state index contributed by atoms with van der Waals surface area (Å²) in [6.07, 6.45) is 4.75. The van der Waals surface area contributed by atoms with Crippen molar-refractivity contribution in [3.63, 3.8) is 0 Å². The lowest BCUT2D eigenvalue weighted by atomic mass is 10.1. The number of nitrogen functional groups attached to an aromatic ring is 1. The van der Waals surface area contributed by atoms with Crippen LogP contribution in [0.5, 0.6) is 0 Å². The van der Waals surface area contributed by atoms with Crippen molar-refractivity contribution in [3.8, 4) is 11.3 Å². The molecule has 0 atom stereocenters. The van der Waals surface area contributed by atoms with Gasteiger partial charge in [0.05, 0.1) is 6.67 Å². The Kier molecular flexibility index (Phi) is 5.43. The monoisotopic (exact) mass is 453 g/mol. The molecular weight excluding hydrogens is 430 g/mol. The second-order valence-corrected chi connectivity index (χ2v) is 7.90. The molecule has 1 saturated heterocycles. The van der Waals surface area contributed by atoms with Crippen LogP contribution in [-0.2, 0) is 4.79 Å². The molecule has 9 nitrogen and oxygen atoms in total. The molecule has 3 heterocycles. The van der Waals surface area contributed by atoms with Crippen LogP contribution in [0, 0.1) is 0 Å². The van der Waals surface area contributed by atoms with Gasteiger partial charge in [-0.05, 0) is 30.3 Å². The molecular formula is C25H23N7O2. The molecule has 170 valence electrons. The third-order valence-corrected chi connectivity index (χ3v) is 5.77. The molecule has 1 aliphatic rings. The molecule has 2 amide bonds. The van der Waals surface area contributed by atoms with Crippen LogP contribution in [0.3, 0.4) is 0 Å². The van der Waals surface area contributed by atoms with Gasteiger partial charge >= 0.3 is 0 Å². The fourth-order valence-corrected chi connectivity index (χ4v) is 4.04. The van der Waals surface area contributed by atoms with Crippen LogP contribution < -0.4 is 16.0 Å². The zero-order valence-electron chi connectivity index (χ0n) is 18.4. The van der Waals surface area contributed by atoms with Crippen molar-refractivity contribution in [2.24, 2.45) is 0 Å². The van der Waals surface area contributed by atoms with E-state index in [4.69, 9.17) is 10.7 Å². The number of amides is 2. The predicted octanol–water partition coefficient (Wildman–Crippen LogP) is 3.02. The maximum absolute atomic E-state index is 12.4. The van der Waals surface area contributed by atoms with E-state index in [0.29, 0.717) is 54.0 Å². The number of carbonyl (C=O) groups excluding carboxylic acids is 2. The van der Waals surface area contributed by atoms with Crippen molar-refractivity contribution < 1.29 is 9.59 Å². The van der Waals surface area contributed by atoms with Gasteiger partial charge in [-0.15, -0.1) is 0 Å². The second-order valence-electron chi connectivity index (χ2n) is 7.90. The Labute approximate surface area is 196 Å². The fourth-order valence-electron chi connectivity index (χ4n) is 4.04. The highest BCUT2D eigenvalue weighted by molar-refractivity contribution is 6.04. The Hall–Kier alpha value is -4.66. The molecule has 2 aromatic heterocycles. The number of fused-ring (bicyclic) bond motifs is 1. The quantitative estimate of drug-likeness (QED) is 0.450. The van der Waals surface area contributed by atoms with Crippen molar-refractivity contribution in [1.82, 2.24) is 19.3 Å². The number of imidazole rings is 1. The van der Waals surface area contributed by atoms with E-state index in [-0.39, 0.29) is 11.8 Å². The minimum atomic E-state index is -0.177. The van der Waals surface area contributed by atoms with Crippen molar-refractivity contribution in [3.05, 3.63) is 85.2 Å². The van der Waals surface area contributed by atoms with Crippen LogP contribution >= 0.6 is 0 Å². The summed E-state index contributed by atoms with van der Waals surface area (Å²) >= 11 is 0. The first-order valence-electron chi connectivity index (χ1n) is 10.8. The summed E-state index contributed by atoms with van der Waals surface area (Å²) in [7, 11) is 0. The lowest BCUT2D eigenvalue weighted by Crippen LogP contribution is -2.30. The predicted molar refractivity (Wildman–Crippen MR) is 131 cm³/mol. The zero-order chi connectivity index (χ0) is 23.7. The van der Waals surface area contributed by atoms with Gasteiger partial charge in [0, 0.05) is 42.3 Å². The summed E-state index contributed by atoms with van der Waals surface area (Å²) in [5, 5.41) is 2.90. The number of anilines is 3. The van der Waals surface area contributed by atoms with Gasteiger partial charge < -0.3 is 20.9 Å². The molecule has 3 N–H and O–H groups in total. The lowest BCUT2D eigenvalue weighted by molar-refractivity contribution is -0.124. The SMILES string of the molecule is C=CC(=O)N1CCN(c2nc(-c3ccc(NC(=O)c4ccccc4)cc3)c3c(N)nccn23)C1. The molecule has 5 rings (SSSR count). The third kappa shape index (κ3) is 3.83. The first-order valence-corrected chi connectivity index (χ1v) is 10.8. The van der Waals surface area contributed by atoms with Gasteiger partial charge in [0.1, 0.15) is 17.0 Å². The summed E-state index contributed by atoms with van der Waals surface area (Å²) in [6.45, 7) is 5.21. The van der Waals surface area contributed by atoms with Crippen molar-refractivity contribution in [2.45, 2.75) is 0 Å². The van der Waals surface area contributed by atoms with E-state index >= 15 is 0 Å². The van der Waals surface area contributed by atoms with Gasteiger partial charge in [-0.2, -0.15) is 0 Å². The smallest absolute Gasteiger partial charge is 0.255 e. The highest BCUT2D eigenvalue weighted by Gasteiger charge is 2.27. The maximum atomic E-state index is 12.4.